The van der Waals surface area contributed by atoms with E-state index in [0.29, 0.717) is 34.4 Å². The molecule has 4 aromatic rings. The lowest BCUT2D eigenvalue weighted by Gasteiger charge is -2.15. The van der Waals surface area contributed by atoms with Crippen LogP contribution in [-0.4, -0.2) is 43.4 Å². The van der Waals surface area contributed by atoms with Crippen LogP contribution in [0.15, 0.2) is 42.7 Å². The highest BCUT2D eigenvalue weighted by Gasteiger charge is 2.16. The molecule has 36 heavy (non-hydrogen) atoms. The Morgan fingerprint density at radius 2 is 1.58 bits per heavy atom. The molecule has 0 fully saturated rings. The van der Waals surface area contributed by atoms with Crippen LogP contribution in [0.3, 0.4) is 0 Å². The van der Waals surface area contributed by atoms with Gasteiger partial charge < -0.3 is 30.6 Å². The summed E-state index contributed by atoms with van der Waals surface area (Å²) < 4.78 is 16.0. The zero-order valence-corrected chi connectivity index (χ0v) is 20.8. The fourth-order valence-electron chi connectivity index (χ4n) is 3.58. The summed E-state index contributed by atoms with van der Waals surface area (Å²) in [6.07, 6.45) is 2.22. The fraction of sp³-hybridized carbons (Fsp3) is 0.167. The molecule has 0 aliphatic heterocycles. The molecule has 2 amide bonds. The fourth-order valence-corrected chi connectivity index (χ4v) is 4.60. The number of nitrogens with two attached hydrogens (primary N) is 1. The number of hydrogen-bond acceptors (Lipinski definition) is 10. The number of fused-ring (bicyclic) bond motifs is 1. The molecule has 12 heteroatoms. The van der Waals surface area contributed by atoms with Gasteiger partial charge in [0.25, 0.3) is 0 Å². The van der Waals surface area contributed by atoms with Crippen LogP contribution in [0.4, 0.5) is 22.0 Å². The van der Waals surface area contributed by atoms with Crippen molar-refractivity contribution in [3.05, 3.63) is 47.6 Å². The predicted octanol–water partition coefficient (Wildman–Crippen LogP) is 4.82. The normalized spacial score (nSPS) is 10.0. The Labute approximate surface area is 210 Å². The lowest BCUT2D eigenvalue weighted by Crippen LogP contribution is -2.19. The SMILES string of the molecule is COc1cc(NC(=O)Nc2ccc(-c3c(C)sc4ncnc(N)c34)cc2)cc(OC)c1OC.N=C=O. The number of methoxy groups -OCH3 is 3. The van der Waals surface area contributed by atoms with E-state index in [4.69, 9.17) is 30.1 Å². The summed E-state index contributed by atoms with van der Waals surface area (Å²) in [4.78, 5) is 31.3. The van der Waals surface area contributed by atoms with E-state index >= 15 is 0 Å². The molecule has 2 aromatic carbocycles. The van der Waals surface area contributed by atoms with Gasteiger partial charge in [-0.3, -0.25) is 0 Å². The van der Waals surface area contributed by atoms with Crippen LogP contribution in [-0.2, 0) is 4.79 Å². The molecule has 2 aromatic heterocycles. The molecule has 2 heterocycles. The van der Waals surface area contributed by atoms with Crippen molar-refractivity contribution in [3.63, 3.8) is 0 Å². The minimum absolute atomic E-state index is 0.410. The van der Waals surface area contributed by atoms with E-state index in [0.717, 1.165) is 32.3 Å². The summed E-state index contributed by atoms with van der Waals surface area (Å²) in [5.74, 6) is 1.78. The molecule has 0 bridgehead atoms. The number of hydrogen-bond donors (Lipinski definition) is 4. The van der Waals surface area contributed by atoms with Crippen LogP contribution >= 0.6 is 11.3 Å². The second kappa shape index (κ2) is 11.6. The zero-order chi connectivity index (χ0) is 26.2. The number of ether oxygens (including phenoxy) is 3. The maximum Gasteiger partial charge on any atom is 0.323 e. The van der Waals surface area contributed by atoms with E-state index < -0.39 is 6.03 Å². The Bertz CT molecular complexity index is 1390. The number of nitrogens with one attached hydrogen (secondary N) is 3. The van der Waals surface area contributed by atoms with Crippen LogP contribution < -0.4 is 30.6 Å². The number of isocyanates is 1. The van der Waals surface area contributed by atoms with Gasteiger partial charge in [0.15, 0.2) is 11.5 Å². The van der Waals surface area contributed by atoms with Gasteiger partial charge in [-0.05, 0) is 24.6 Å². The largest absolute Gasteiger partial charge is 0.493 e. The first kappa shape index (κ1) is 25.9. The van der Waals surface area contributed by atoms with Crippen molar-refractivity contribution in [3.8, 4) is 28.4 Å². The number of nitrogen functional groups attached to an aromatic ring is 1. The minimum atomic E-state index is -0.410. The van der Waals surface area contributed by atoms with Crippen molar-refractivity contribution in [2.24, 2.45) is 0 Å². The van der Waals surface area contributed by atoms with E-state index in [-0.39, 0.29) is 0 Å². The Kier molecular flexibility index (Phi) is 8.39. The number of aryl methyl sites for hydroxylation is 1. The first-order chi connectivity index (χ1) is 17.4. The lowest BCUT2D eigenvalue weighted by atomic mass is 10.0. The number of nitrogens with zero attached hydrogens (tertiary/aromatic N) is 2. The first-order valence-electron chi connectivity index (χ1n) is 10.4. The van der Waals surface area contributed by atoms with E-state index in [9.17, 15) is 4.79 Å². The monoisotopic (exact) mass is 508 g/mol. The van der Waals surface area contributed by atoms with Gasteiger partial charge in [-0.2, -0.15) is 0 Å². The number of urea groups is 1. The van der Waals surface area contributed by atoms with Crippen molar-refractivity contribution in [1.29, 1.82) is 5.41 Å². The van der Waals surface area contributed by atoms with Crippen molar-refractivity contribution >= 4 is 50.9 Å². The van der Waals surface area contributed by atoms with Gasteiger partial charge in [-0.15, -0.1) is 11.3 Å². The average Bonchev–Trinajstić information content (AvgIpc) is 3.21. The average molecular weight is 509 g/mol. The maximum absolute atomic E-state index is 12.6. The number of benzene rings is 2. The van der Waals surface area contributed by atoms with E-state index in [1.165, 1.54) is 27.7 Å². The third-order valence-electron chi connectivity index (χ3n) is 5.05. The van der Waals surface area contributed by atoms with Crippen molar-refractivity contribution < 1.29 is 23.8 Å². The Hall–Kier alpha value is -4.67. The summed E-state index contributed by atoms with van der Waals surface area (Å²) in [7, 11) is 4.55. The number of thiophene rings is 1. The molecule has 0 saturated heterocycles. The van der Waals surface area contributed by atoms with E-state index in [1.54, 1.807) is 23.5 Å². The Morgan fingerprint density at radius 1 is 1.00 bits per heavy atom. The van der Waals surface area contributed by atoms with Gasteiger partial charge in [0.1, 0.15) is 17.0 Å². The molecule has 4 rings (SSSR count). The highest BCUT2D eigenvalue weighted by Crippen LogP contribution is 2.41. The zero-order valence-electron chi connectivity index (χ0n) is 20.0. The molecule has 5 N–H and O–H groups in total. The molecule has 0 aliphatic carbocycles. The lowest BCUT2D eigenvalue weighted by molar-refractivity contribution is 0.262. The molecule has 0 unspecified atom stereocenters. The molecule has 0 radical (unpaired) electrons. The Balaban J connectivity index is 0.00000115. The third-order valence-corrected chi connectivity index (χ3v) is 6.06. The van der Waals surface area contributed by atoms with Gasteiger partial charge in [0.05, 0.1) is 32.4 Å². The van der Waals surface area contributed by atoms with Crippen LogP contribution in [0.2, 0.25) is 0 Å². The smallest absolute Gasteiger partial charge is 0.323 e. The van der Waals surface area contributed by atoms with Crippen LogP contribution in [0, 0.1) is 12.3 Å². The quantitative estimate of drug-likeness (QED) is 0.213. The topological polar surface area (TPSA) is 162 Å². The number of anilines is 3. The first-order valence-corrected chi connectivity index (χ1v) is 11.2. The molecule has 11 nitrogen and oxygen atoms in total. The molecule has 0 saturated carbocycles. The van der Waals surface area contributed by atoms with Gasteiger partial charge in [-0.1, -0.05) is 12.1 Å². The number of carbonyl (C=O) groups excluding carboxylic acids is 2. The minimum Gasteiger partial charge on any atom is -0.493 e. The van der Waals surface area contributed by atoms with Crippen LogP contribution in [0.25, 0.3) is 21.3 Å². The summed E-state index contributed by atoms with van der Waals surface area (Å²) >= 11 is 1.57. The second-order valence-electron chi connectivity index (χ2n) is 7.14. The summed E-state index contributed by atoms with van der Waals surface area (Å²) in [6, 6.07) is 10.4. The highest BCUT2D eigenvalue weighted by molar-refractivity contribution is 7.19. The summed E-state index contributed by atoms with van der Waals surface area (Å²) in [6.45, 7) is 2.03. The van der Waals surface area contributed by atoms with Crippen LogP contribution in [0.5, 0.6) is 17.2 Å². The van der Waals surface area contributed by atoms with Gasteiger partial charge in [-0.25, -0.2) is 25.0 Å². The summed E-state index contributed by atoms with van der Waals surface area (Å²) in [5, 5.41) is 11.8. The van der Waals surface area contributed by atoms with Crippen molar-refractivity contribution in [1.82, 2.24) is 9.97 Å². The number of aromatic nitrogens is 2. The van der Waals surface area contributed by atoms with Gasteiger partial charge >= 0.3 is 6.03 Å². The highest BCUT2D eigenvalue weighted by atomic mass is 32.1. The number of carbonyl (C=O) groups is 1. The second-order valence-corrected chi connectivity index (χ2v) is 8.35. The van der Waals surface area contributed by atoms with E-state index in [2.05, 4.69) is 20.6 Å². The Morgan fingerprint density at radius 3 is 2.14 bits per heavy atom. The summed E-state index contributed by atoms with van der Waals surface area (Å²) in [5.41, 5.74) is 9.20. The maximum atomic E-state index is 12.6. The van der Waals surface area contributed by atoms with Gasteiger partial charge in [0.2, 0.25) is 11.8 Å². The molecular formula is C24H24N6O5S. The molecule has 0 aliphatic rings. The number of amides is 2. The standard InChI is InChI=1S/C23H23N5O4S.CHNO/c1-12-18(19-21(24)25-11-26-22(19)33-12)13-5-7-14(8-6-13)27-23(29)28-15-9-16(30-2)20(32-4)17(10-15)31-3;2-1-3/h5-11H,1-4H3,(H2,24,25,26)(H2,27,28,29);2H. The third kappa shape index (κ3) is 5.52. The van der Waals surface area contributed by atoms with E-state index in [1.807, 2.05) is 31.2 Å². The predicted molar refractivity (Wildman–Crippen MR) is 139 cm³/mol. The number of rotatable bonds is 6. The van der Waals surface area contributed by atoms with Crippen molar-refractivity contribution in [2.45, 2.75) is 6.92 Å². The van der Waals surface area contributed by atoms with Crippen LogP contribution in [0.1, 0.15) is 4.88 Å². The molecular weight excluding hydrogens is 484 g/mol. The molecule has 0 atom stereocenters. The molecule has 0 spiro atoms. The van der Waals surface area contributed by atoms with Crippen molar-refractivity contribution in [2.75, 3.05) is 37.7 Å². The van der Waals surface area contributed by atoms with Gasteiger partial charge in [0, 0.05) is 28.3 Å². The molecule has 186 valence electrons.